The van der Waals surface area contributed by atoms with Crippen LogP contribution in [0.15, 0.2) is 18.2 Å². The Hall–Kier alpha value is -1.86. The zero-order chi connectivity index (χ0) is 29.7. The van der Waals surface area contributed by atoms with Crippen molar-refractivity contribution in [3.63, 3.8) is 0 Å². The molecule has 1 aromatic carbocycles. The summed E-state index contributed by atoms with van der Waals surface area (Å²) in [5.74, 6) is -1.90. The number of hydrogen-bond donors (Lipinski definition) is 4. The Balaban J connectivity index is 1.31. The van der Waals surface area contributed by atoms with Crippen molar-refractivity contribution in [1.29, 1.82) is 0 Å². The van der Waals surface area contributed by atoms with Gasteiger partial charge in [0.15, 0.2) is 24.2 Å². The van der Waals surface area contributed by atoms with E-state index in [0.29, 0.717) is 11.1 Å². The van der Waals surface area contributed by atoms with E-state index in [-0.39, 0.29) is 18.9 Å². The van der Waals surface area contributed by atoms with Crippen molar-refractivity contribution in [2.75, 3.05) is 13.2 Å². The van der Waals surface area contributed by atoms with Gasteiger partial charge in [0.05, 0.1) is 31.4 Å². The molecule has 0 bridgehead atoms. The molecule has 4 fully saturated rings. The molecule has 4 aliphatic rings. The lowest BCUT2D eigenvalue weighted by Gasteiger charge is -2.28. The number of non-ortho nitro benzene ring substituents is 1. The molecule has 4 aliphatic heterocycles. The fourth-order valence-electron chi connectivity index (χ4n) is 5.61. The maximum absolute atomic E-state index is 11.7. The maximum atomic E-state index is 11.7. The standard InChI is InChI=1S/C26H37NO14/c1-25(2)38-21-19(17(15(30)8-28)36-23(21)40-25)34-10-12-5-13(7-14(6-12)27(32)33)11-35-20-18(16(31)9-29)37-24-22(20)39-26(3,4)41-24/h5-7,15-24,28-31H,8-11H2,1-4H3/t15-,16-,17-,18-,19+,20+,21-,22-,23-,24-/m1/s1. The van der Waals surface area contributed by atoms with Gasteiger partial charge in [0.1, 0.15) is 48.8 Å². The molecule has 0 aromatic heterocycles. The molecule has 4 N–H and O–H groups in total. The van der Waals surface area contributed by atoms with Gasteiger partial charge in [-0.15, -0.1) is 0 Å². The van der Waals surface area contributed by atoms with Crippen molar-refractivity contribution >= 4 is 5.69 Å². The predicted molar refractivity (Wildman–Crippen MR) is 134 cm³/mol. The molecule has 0 radical (unpaired) electrons. The quantitative estimate of drug-likeness (QED) is 0.196. The monoisotopic (exact) mass is 587 g/mol. The molecule has 15 heteroatoms. The van der Waals surface area contributed by atoms with Crippen molar-refractivity contribution in [3.05, 3.63) is 39.4 Å². The molecule has 0 unspecified atom stereocenters. The summed E-state index contributed by atoms with van der Waals surface area (Å²) in [7, 11) is 0. The number of rotatable bonds is 11. The lowest BCUT2D eigenvalue weighted by atomic mass is 10.0. The van der Waals surface area contributed by atoms with Crippen molar-refractivity contribution in [3.8, 4) is 0 Å². The van der Waals surface area contributed by atoms with Crippen molar-refractivity contribution in [2.24, 2.45) is 0 Å². The molecule has 0 aliphatic carbocycles. The molecule has 0 spiro atoms. The lowest BCUT2D eigenvalue weighted by molar-refractivity contribution is -0.385. The minimum atomic E-state index is -1.26. The Morgan fingerprint density at radius 3 is 1.59 bits per heavy atom. The fourth-order valence-corrected chi connectivity index (χ4v) is 5.61. The molecule has 15 nitrogen and oxygen atoms in total. The molecule has 1 aromatic rings. The lowest BCUT2D eigenvalue weighted by Crippen LogP contribution is -2.44. The summed E-state index contributed by atoms with van der Waals surface area (Å²) in [5.41, 5.74) is 0.671. The number of nitro groups is 1. The number of nitrogens with zero attached hydrogens (tertiary/aromatic N) is 1. The second-order valence-electron chi connectivity index (χ2n) is 11.5. The van der Waals surface area contributed by atoms with Gasteiger partial charge in [0, 0.05) is 12.1 Å². The molecule has 0 saturated carbocycles. The van der Waals surface area contributed by atoms with Gasteiger partial charge in [-0.2, -0.15) is 0 Å². The minimum Gasteiger partial charge on any atom is -0.394 e. The Kier molecular flexibility index (Phi) is 8.71. The maximum Gasteiger partial charge on any atom is 0.270 e. The summed E-state index contributed by atoms with van der Waals surface area (Å²) in [5, 5.41) is 51.3. The van der Waals surface area contributed by atoms with Crippen LogP contribution >= 0.6 is 0 Å². The van der Waals surface area contributed by atoms with Gasteiger partial charge in [-0.3, -0.25) is 10.1 Å². The average Bonchev–Trinajstić information content (AvgIpc) is 3.59. The van der Waals surface area contributed by atoms with Crippen molar-refractivity contribution in [1.82, 2.24) is 0 Å². The molecular formula is C26H37NO14. The van der Waals surface area contributed by atoms with Gasteiger partial charge < -0.3 is 58.3 Å². The van der Waals surface area contributed by atoms with Crippen LogP contribution in [-0.2, 0) is 51.1 Å². The smallest absolute Gasteiger partial charge is 0.270 e. The van der Waals surface area contributed by atoms with Crippen LogP contribution in [0.25, 0.3) is 0 Å². The van der Waals surface area contributed by atoms with Crippen LogP contribution in [0.1, 0.15) is 38.8 Å². The number of hydrogen-bond acceptors (Lipinski definition) is 14. The summed E-state index contributed by atoms with van der Waals surface area (Å²) < 4.78 is 46.9. The van der Waals surface area contributed by atoms with Crippen LogP contribution < -0.4 is 0 Å². The highest BCUT2D eigenvalue weighted by Gasteiger charge is 2.58. The van der Waals surface area contributed by atoms with Crippen LogP contribution in [0.5, 0.6) is 0 Å². The highest BCUT2D eigenvalue weighted by Crippen LogP contribution is 2.41. The fraction of sp³-hybridized carbons (Fsp3) is 0.769. The summed E-state index contributed by atoms with van der Waals surface area (Å²) in [4.78, 5) is 11.2. The molecule has 10 atom stereocenters. The molecule has 0 amide bonds. The zero-order valence-corrected chi connectivity index (χ0v) is 23.2. The molecular weight excluding hydrogens is 550 g/mol. The normalized spacial score (nSPS) is 36.7. The van der Waals surface area contributed by atoms with E-state index in [9.17, 15) is 30.5 Å². The summed E-state index contributed by atoms with van der Waals surface area (Å²) in [6.45, 7) is 5.47. The molecule has 41 heavy (non-hydrogen) atoms. The van der Waals surface area contributed by atoms with E-state index in [2.05, 4.69) is 0 Å². The minimum absolute atomic E-state index is 0.113. The number of benzene rings is 1. The predicted octanol–water partition coefficient (Wildman–Crippen LogP) is -0.176. The third kappa shape index (κ3) is 6.41. The Morgan fingerprint density at radius 2 is 1.22 bits per heavy atom. The third-order valence-corrected chi connectivity index (χ3v) is 7.32. The van der Waals surface area contributed by atoms with E-state index in [1.165, 1.54) is 12.1 Å². The average molecular weight is 588 g/mol. The van der Waals surface area contributed by atoms with E-state index < -0.39 is 91.1 Å². The van der Waals surface area contributed by atoms with Crippen LogP contribution in [-0.4, -0.2) is 112 Å². The van der Waals surface area contributed by atoms with Crippen LogP contribution in [0.4, 0.5) is 5.69 Å². The second kappa shape index (κ2) is 11.7. The topological polar surface area (TPSA) is 198 Å². The first-order chi connectivity index (χ1) is 19.3. The Labute approximate surface area is 235 Å². The van der Waals surface area contributed by atoms with Gasteiger partial charge >= 0.3 is 0 Å². The highest BCUT2D eigenvalue weighted by molar-refractivity contribution is 5.39. The first-order valence-corrected chi connectivity index (χ1v) is 13.4. The van der Waals surface area contributed by atoms with Crippen LogP contribution in [0.3, 0.4) is 0 Å². The highest BCUT2D eigenvalue weighted by atomic mass is 16.9. The molecule has 5 rings (SSSR count). The van der Waals surface area contributed by atoms with Gasteiger partial charge in [0.2, 0.25) is 0 Å². The largest absolute Gasteiger partial charge is 0.394 e. The van der Waals surface area contributed by atoms with E-state index in [1.807, 2.05) is 0 Å². The van der Waals surface area contributed by atoms with E-state index >= 15 is 0 Å². The van der Waals surface area contributed by atoms with Gasteiger partial charge in [-0.1, -0.05) is 6.07 Å². The Morgan fingerprint density at radius 1 is 0.805 bits per heavy atom. The van der Waals surface area contributed by atoms with E-state index in [0.717, 1.165) is 0 Å². The third-order valence-electron chi connectivity index (χ3n) is 7.32. The number of nitro benzene ring substituents is 1. The number of ether oxygens (including phenoxy) is 8. The Bertz CT molecular complexity index is 1030. The first-order valence-electron chi connectivity index (χ1n) is 13.4. The summed E-state index contributed by atoms with van der Waals surface area (Å²) in [6.07, 6.45) is -9.11. The summed E-state index contributed by atoms with van der Waals surface area (Å²) >= 11 is 0. The van der Waals surface area contributed by atoms with E-state index in [1.54, 1.807) is 33.8 Å². The molecule has 4 heterocycles. The van der Waals surface area contributed by atoms with Crippen molar-refractivity contribution < 1.29 is 63.2 Å². The van der Waals surface area contributed by atoms with Gasteiger partial charge in [-0.05, 0) is 38.8 Å². The first kappa shape index (κ1) is 30.6. The van der Waals surface area contributed by atoms with Gasteiger partial charge in [0.25, 0.3) is 5.69 Å². The zero-order valence-electron chi connectivity index (χ0n) is 23.2. The number of aliphatic hydroxyl groups excluding tert-OH is 4. The molecule has 4 saturated heterocycles. The van der Waals surface area contributed by atoms with Crippen LogP contribution in [0.2, 0.25) is 0 Å². The number of aliphatic hydroxyl groups is 4. The number of fused-ring (bicyclic) bond motifs is 2. The SMILES string of the molecule is CC1(C)O[C@H]2O[C@H]([C@H](O)CO)[C@H](OCc3cc(CO[C@@H]4[C@H]5OC(C)(C)O[C@H]5O[C@@H]4[C@H](O)CO)cc([N+](=O)[O-])c3)[C@H]2O1. The summed E-state index contributed by atoms with van der Waals surface area (Å²) in [6, 6.07) is 4.37. The van der Waals surface area contributed by atoms with Crippen molar-refractivity contribution in [2.45, 2.75) is 114 Å². The molecule has 230 valence electrons. The second-order valence-corrected chi connectivity index (χ2v) is 11.5. The van der Waals surface area contributed by atoms with E-state index in [4.69, 9.17) is 37.9 Å². The van der Waals surface area contributed by atoms with Gasteiger partial charge in [-0.25, -0.2) is 0 Å². The van der Waals surface area contributed by atoms with Crippen LogP contribution in [0, 0.1) is 10.1 Å².